The summed E-state index contributed by atoms with van der Waals surface area (Å²) in [6, 6.07) is 0.831. The van der Waals surface area contributed by atoms with Crippen molar-refractivity contribution in [3.05, 3.63) is 28.2 Å². The molecule has 0 atom stereocenters. The molecule has 5 nitrogen and oxygen atoms in total. The summed E-state index contributed by atoms with van der Waals surface area (Å²) in [6.45, 7) is 0. The van der Waals surface area contributed by atoms with Gasteiger partial charge in [0.05, 0.1) is 11.0 Å². The number of hydrogen-bond acceptors (Lipinski definition) is 4. The topological polar surface area (TPSA) is 65.3 Å². The lowest BCUT2D eigenvalue weighted by molar-refractivity contribution is -0.385. The van der Waals surface area contributed by atoms with E-state index >= 15 is 0 Å². The molecule has 2 rings (SSSR count). The molecule has 0 bridgehead atoms. The second-order valence-corrected chi connectivity index (χ2v) is 3.76. The molecule has 86 valence electrons. The number of halogens is 1. The Balaban J connectivity index is 2.12. The van der Waals surface area contributed by atoms with Gasteiger partial charge in [-0.3, -0.25) is 10.1 Å². The van der Waals surface area contributed by atoms with Gasteiger partial charge in [-0.15, -0.1) is 0 Å². The van der Waals surface area contributed by atoms with Crippen molar-refractivity contribution in [3.63, 3.8) is 0 Å². The maximum absolute atomic E-state index is 13.4. The van der Waals surface area contributed by atoms with Crippen LogP contribution in [0.3, 0.4) is 0 Å². The molecule has 1 saturated carbocycles. The number of nitro groups is 1. The number of aromatic nitrogens is 1. The summed E-state index contributed by atoms with van der Waals surface area (Å²) < 4.78 is 18.7. The monoisotopic (exact) mass is 226 g/mol. The fourth-order valence-electron chi connectivity index (χ4n) is 1.77. The summed E-state index contributed by atoms with van der Waals surface area (Å²) in [6.07, 6.45) is 4.91. The average molecular weight is 226 g/mol. The average Bonchev–Trinajstić information content (AvgIpc) is 2.73. The molecule has 0 unspecified atom stereocenters. The summed E-state index contributed by atoms with van der Waals surface area (Å²) in [5.74, 6) is -0.918. The zero-order valence-electron chi connectivity index (χ0n) is 8.56. The van der Waals surface area contributed by atoms with Crippen LogP contribution in [-0.2, 0) is 0 Å². The molecule has 0 radical (unpaired) electrons. The van der Waals surface area contributed by atoms with Crippen LogP contribution in [0.4, 0.5) is 10.1 Å². The summed E-state index contributed by atoms with van der Waals surface area (Å²) in [4.78, 5) is 13.3. The van der Waals surface area contributed by atoms with E-state index in [4.69, 9.17) is 4.74 Å². The molecular weight excluding hydrogens is 215 g/mol. The van der Waals surface area contributed by atoms with E-state index in [-0.39, 0.29) is 17.7 Å². The third-order valence-corrected chi connectivity index (χ3v) is 2.58. The third kappa shape index (κ3) is 2.26. The van der Waals surface area contributed by atoms with Crippen LogP contribution in [0.15, 0.2) is 12.3 Å². The van der Waals surface area contributed by atoms with Gasteiger partial charge in [-0.1, -0.05) is 0 Å². The molecule has 1 aliphatic carbocycles. The highest BCUT2D eigenvalue weighted by Gasteiger charge is 2.20. The molecule has 1 aromatic heterocycles. The van der Waals surface area contributed by atoms with E-state index in [1.165, 1.54) is 0 Å². The van der Waals surface area contributed by atoms with Crippen molar-refractivity contribution in [3.8, 4) is 5.88 Å². The molecule has 0 aromatic carbocycles. The lowest BCUT2D eigenvalue weighted by Gasteiger charge is -2.11. The van der Waals surface area contributed by atoms with Crippen molar-refractivity contribution in [1.82, 2.24) is 4.98 Å². The Bertz CT molecular complexity index is 405. The van der Waals surface area contributed by atoms with Crippen LogP contribution < -0.4 is 4.74 Å². The van der Waals surface area contributed by atoms with Gasteiger partial charge in [0, 0.05) is 0 Å². The maximum Gasteiger partial charge on any atom is 0.290 e. The Morgan fingerprint density at radius 3 is 2.75 bits per heavy atom. The molecule has 1 fully saturated rings. The lowest BCUT2D eigenvalue weighted by Crippen LogP contribution is -2.13. The van der Waals surface area contributed by atoms with E-state index in [2.05, 4.69) is 4.98 Å². The standard InChI is InChI=1S/C10H11FN2O3/c11-9-5-7(13(14)15)6-12-10(9)16-8-3-1-2-4-8/h5-6,8H,1-4H2. The molecule has 1 heterocycles. The molecular formula is C10H11FN2O3. The van der Waals surface area contributed by atoms with E-state index in [1.807, 2.05) is 0 Å². The SMILES string of the molecule is O=[N+]([O-])c1cnc(OC2CCCC2)c(F)c1. The van der Waals surface area contributed by atoms with Crippen LogP contribution >= 0.6 is 0 Å². The van der Waals surface area contributed by atoms with Crippen LogP contribution in [0.2, 0.25) is 0 Å². The van der Waals surface area contributed by atoms with Gasteiger partial charge >= 0.3 is 0 Å². The Hall–Kier alpha value is -1.72. The molecule has 1 aliphatic rings. The zero-order chi connectivity index (χ0) is 11.5. The highest BCUT2D eigenvalue weighted by molar-refractivity contribution is 5.30. The molecule has 16 heavy (non-hydrogen) atoms. The summed E-state index contributed by atoms with van der Waals surface area (Å²) in [5.41, 5.74) is -0.365. The lowest BCUT2D eigenvalue weighted by atomic mass is 10.3. The predicted octanol–water partition coefficient (Wildman–Crippen LogP) is 2.45. The quantitative estimate of drug-likeness (QED) is 0.586. The molecule has 6 heteroatoms. The minimum atomic E-state index is -0.777. The summed E-state index contributed by atoms with van der Waals surface area (Å²) in [5, 5.41) is 10.4. The van der Waals surface area contributed by atoms with E-state index in [0.717, 1.165) is 37.9 Å². The van der Waals surface area contributed by atoms with E-state index in [0.29, 0.717) is 0 Å². The molecule has 0 N–H and O–H groups in total. The van der Waals surface area contributed by atoms with Crippen LogP contribution in [0, 0.1) is 15.9 Å². The molecule has 0 aliphatic heterocycles. The van der Waals surface area contributed by atoms with Crippen molar-refractivity contribution in [2.75, 3.05) is 0 Å². The highest BCUT2D eigenvalue weighted by Crippen LogP contribution is 2.25. The zero-order valence-corrected chi connectivity index (χ0v) is 8.56. The van der Waals surface area contributed by atoms with Gasteiger partial charge in [0.15, 0.2) is 5.82 Å². The second-order valence-electron chi connectivity index (χ2n) is 3.76. The smallest absolute Gasteiger partial charge is 0.290 e. The van der Waals surface area contributed by atoms with Gasteiger partial charge in [0.1, 0.15) is 12.3 Å². The Labute approximate surface area is 91.4 Å². The predicted molar refractivity (Wildman–Crippen MR) is 53.7 cm³/mol. The van der Waals surface area contributed by atoms with Gasteiger partial charge < -0.3 is 4.74 Å². The molecule has 1 aromatic rings. The Morgan fingerprint density at radius 2 is 2.19 bits per heavy atom. The van der Waals surface area contributed by atoms with E-state index in [1.54, 1.807) is 0 Å². The minimum Gasteiger partial charge on any atom is -0.472 e. The van der Waals surface area contributed by atoms with E-state index in [9.17, 15) is 14.5 Å². The van der Waals surface area contributed by atoms with Gasteiger partial charge in [-0.05, 0) is 25.7 Å². The van der Waals surface area contributed by atoms with Crippen LogP contribution in [0.25, 0.3) is 0 Å². The molecule has 0 amide bonds. The Kier molecular flexibility index (Phi) is 2.98. The number of nitrogens with zero attached hydrogens (tertiary/aromatic N) is 2. The fourth-order valence-corrected chi connectivity index (χ4v) is 1.77. The first-order chi connectivity index (χ1) is 7.66. The summed E-state index contributed by atoms with van der Waals surface area (Å²) >= 11 is 0. The highest BCUT2D eigenvalue weighted by atomic mass is 19.1. The van der Waals surface area contributed by atoms with Crippen LogP contribution in [0.1, 0.15) is 25.7 Å². The van der Waals surface area contributed by atoms with Gasteiger partial charge in [-0.2, -0.15) is 0 Å². The van der Waals surface area contributed by atoms with Gasteiger partial charge in [-0.25, -0.2) is 9.37 Å². The van der Waals surface area contributed by atoms with Crippen LogP contribution in [-0.4, -0.2) is 16.0 Å². The normalized spacial score (nSPS) is 16.3. The fraction of sp³-hybridized carbons (Fsp3) is 0.500. The van der Waals surface area contributed by atoms with Crippen molar-refractivity contribution in [1.29, 1.82) is 0 Å². The van der Waals surface area contributed by atoms with Crippen molar-refractivity contribution in [2.45, 2.75) is 31.8 Å². The van der Waals surface area contributed by atoms with Gasteiger partial charge in [0.2, 0.25) is 0 Å². The van der Waals surface area contributed by atoms with Crippen molar-refractivity contribution >= 4 is 5.69 Å². The summed E-state index contributed by atoms with van der Waals surface area (Å²) in [7, 11) is 0. The second kappa shape index (κ2) is 4.42. The molecule has 0 saturated heterocycles. The van der Waals surface area contributed by atoms with Crippen molar-refractivity contribution in [2.24, 2.45) is 0 Å². The van der Waals surface area contributed by atoms with E-state index < -0.39 is 10.7 Å². The Morgan fingerprint density at radius 1 is 1.50 bits per heavy atom. The van der Waals surface area contributed by atoms with Crippen LogP contribution in [0.5, 0.6) is 5.88 Å². The number of rotatable bonds is 3. The first-order valence-electron chi connectivity index (χ1n) is 5.13. The molecule has 0 spiro atoms. The third-order valence-electron chi connectivity index (χ3n) is 2.58. The van der Waals surface area contributed by atoms with Crippen molar-refractivity contribution < 1.29 is 14.1 Å². The number of ether oxygens (including phenoxy) is 1. The first kappa shape index (κ1) is 10.8. The number of hydrogen-bond donors (Lipinski definition) is 0. The maximum atomic E-state index is 13.4. The number of pyridine rings is 1. The largest absolute Gasteiger partial charge is 0.472 e. The minimum absolute atomic E-state index is 0.0107. The van der Waals surface area contributed by atoms with Gasteiger partial charge in [0.25, 0.3) is 11.6 Å². The first-order valence-corrected chi connectivity index (χ1v) is 5.13.